The topological polar surface area (TPSA) is 24.1 Å². The van der Waals surface area contributed by atoms with Gasteiger partial charge in [0.2, 0.25) is 0 Å². The van der Waals surface area contributed by atoms with Gasteiger partial charge in [-0.05, 0) is 70.0 Å². The molecule has 16 heavy (non-hydrogen) atoms. The van der Waals surface area contributed by atoms with Crippen molar-refractivity contribution in [3.8, 4) is 0 Å². The van der Waals surface area contributed by atoms with Gasteiger partial charge in [-0.25, -0.2) is 0 Å². The summed E-state index contributed by atoms with van der Waals surface area (Å²) in [6.07, 6.45) is 9.88. The second-order valence-corrected chi connectivity index (χ2v) is 5.70. The molecule has 2 aliphatic rings. The van der Waals surface area contributed by atoms with Crippen molar-refractivity contribution in [3.05, 3.63) is 0 Å². The second-order valence-electron chi connectivity index (χ2n) is 5.70. The van der Waals surface area contributed by atoms with Gasteiger partial charge in [-0.2, -0.15) is 0 Å². The molecule has 0 radical (unpaired) electrons. The average molecular weight is 224 g/mol. The Morgan fingerprint density at radius 2 is 2.25 bits per heavy atom. The van der Waals surface area contributed by atoms with Crippen LogP contribution in [0.3, 0.4) is 0 Å². The molecule has 0 aromatic carbocycles. The Kier molecular flexibility index (Phi) is 5.11. The smallest absolute Gasteiger partial charge is 0.00991 e. The number of piperidine rings is 1. The van der Waals surface area contributed by atoms with E-state index in [9.17, 15) is 0 Å². The molecular formula is C14H28N2. The van der Waals surface area contributed by atoms with Crippen molar-refractivity contribution in [1.29, 1.82) is 0 Å². The van der Waals surface area contributed by atoms with Crippen LogP contribution in [0.4, 0.5) is 0 Å². The zero-order valence-electron chi connectivity index (χ0n) is 10.8. The lowest BCUT2D eigenvalue weighted by Crippen LogP contribution is -2.30. The molecule has 2 N–H and O–H groups in total. The van der Waals surface area contributed by atoms with Crippen LogP contribution in [0, 0.1) is 11.8 Å². The fraction of sp³-hybridized carbons (Fsp3) is 1.00. The maximum atomic E-state index is 3.71. The summed E-state index contributed by atoms with van der Waals surface area (Å²) in [5, 5.41) is 7.21. The maximum absolute atomic E-state index is 3.71. The summed E-state index contributed by atoms with van der Waals surface area (Å²) in [7, 11) is 0. The first-order chi connectivity index (χ1) is 7.90. The van der Waals surface area contributed by atoms with Crippen molar-refractivity contribution in [2.24, 2.45) is 11.8 Å². The Bertz CT molecular complexity index is 187. The van der Waals surface area contributed by atoms with Gasteiger partial charge in [0, 0.05) is 6.04 Å². The minimum absolute atomic E-state index is 0.879. The van der Waals surface area contributed by atoms with E-state index in [-0.39, 0.29) is 0 Å². The lowest BCUT2D eigenvalue weighted by Gasteiger charge is -2.22. The lowest BCUT2D eigenvalue weighted by molar-refractivity contribution is 0.348. The summed E-state index contributed by atoms with van der Waals surface area (Å²) in [4.78, 5) is 0. The Morgan fingerprint density at radius 1 is 1.31 bits per heavy atom. The van der Waals surface area contributed by atoms with E-state index in [0.717, 1.165) is 17.9 Å². The minimum Gasteiger partial charge on any atom is -0.316 e. The number of nitrogens with one attached hydrogen (secondary N) is 2. The fourth-order valence-corrected chi connectivity index (χ4v) is 3.04. The van der Waals surface area contributed by atoms with E-state index in [0.29, 0.717) is 0 Å². The third-order valence-corrected chi connectivity index (χ3v) is 4.18. The zero-order chi connectivity index (χ0) is 11.2. The van der Waals surface area contributed by atoms with Gasteiger partial charge in [0.05, 0.1) is 0 Å². The highest BCUT2D eigenvalue weighted by Gasteiger charge is 2.34. The van der Waals surface area contributed by atoms with Crippen LogP contribution in [0.15, 0.2) is 0 Å². The Hall–Kier alpha value is -0.0800. The molecule has 0 aromatic heterocycles. The van der Waals surface area contributed by atoms with Crippen LogP contribution in [0.2, 0.25) is 0 Å². The monoisotopic (exact) mass is 224 g/mol. The first-order valence-electron chi connectivity index (χ1n) is 7.34. The highest BCUT2D eigenvalue weighted by molar-refractivity contribution is 4.92. The third-order valence-electron chi connectivity index (χ3n) is 4.18. The lowest BCUT2D eigenvalue weighted by atomic mass is 9.95. The molecule has 2 nitrogen and oxygen atoms in total. The van der Waals surface area contributed by atoms with Crippen molar-refractivity contribution < 1.29 is 0 Å². The molecule has 1 aliphatic carbocycles. The molecule has 3 unspecified atom stereocenters. The van der Waals surface area contributed by atoms with Crippen molar-refractivity contribution in [2.75, 3.05) is 19.6 Å². The summed E-state index contributed by atoms with van der Waals surface area (Å²) in [6, 6.07) is 0.879. The number of hydrogen-bond donors (Lipinski definition) is 2. The van der Waals surface area contributed by atoms with Gasteiger partial charge in [0.1, 0.15) is 0 Å². The minimum atomic E-state index is 0.879. The summed E-state index contributed by atoms with van der Waals surface area (Å²) < 4.78 is 0. The number of hydrogen-bond acceptors (Lipinski definition) is 2. The molecule has 0 bridgehead atoms. The van der Waals surface area contributed by atoms with Crippen LogP contribution < -0.4 is 10.6 Å². The van der Waals surface area contributed by atoms with Crippen LogP contribution in [-0.2, 0) is 0 Å². The van der Waals surface area contributed by atoms with E-state index < -0.39 is 0 Å². The van der Waals surface area contributed by atoms with E-state index in [2.05, 4.69) is 17.6 Å². The molecule has 94 valence electrons. The summed E-state index contributed by atoms with van der Waals surface area (Å²) in [5.74, 6) is 1.97. The molecule has 0 amide bonds. The Morgan fingerprint density at radius 3 is 3.00 bits per heavy atom. The Balaban J connectivity index is 1.43. The molecule has 1 saturated carbocycles. The molecule has 1 heterocycles. The molecule has 0 aromatic rings. The molecule has 1 saturated heterocycles. The van der Waals surface area contributed by atoms with E-state index in [4.69, 9.17) is 0 Å². The Labute approximate surface area is 101 Å². The van der Waals surface area contributed by atoms with Crippen LogP contribution in [-0.4, -0.2) is 25.7 Å². The molecule has 2 fully saturated rings. The summed E-state index contributed by atoms with van der Waals surface area (Å²) >= 11 is 0. The molecule has 3 atom stereocenters. The van der Waals surface area contributed by atoms with Crippen molar-refractivity contribution in [1.82, 2.24) is 10.6 Å². The predicted octanol–water partition coefficient (Wildman–Crippen LogP) is 2.54. The van der Waals surface area contributed by atoms with Gasteiger partial charge in [-0.15, -0.1) is 0 Å². The van der Waals surface area contributed by atoms with Gasteiger partial charge >= 0.3 is 0 Å². The average Bonchev–Trinajstić information content (AvgIpc) is 3.05. The van der Waals surface area contributed by atoms with Crippen LogP contribution in [0.1, 0.15) is 51.9 Å². The highest BCUT2D eigenvalue weighted by Crippen LogP contribution is 2.34. The largest absolute Gasteiger partial charge is 0.316 e. The SMILES string of the molecule is CCCC1CC1NCCCC1CCCNC1. The fourth-order valence-electron chi connectivity index (χ4n) is 3.04. The highest BCUT2D eigenvalue weighted by atomic mass is 15.0. The predicted molar refractivity (Wildman–Crippen MR) is 69.6 cm³/mol. The second kappa shape index (κ2) is 6.61. The van der Waals surface area contributed by atoms with E-state index in [1.807, 2.05) is 0 Å². The summed E-state index contributed by atoms with van der Waals surface area (Å²) in [5.41, 5.74) is 0. The van der Waals surface area contributed by atoms with E-state index in [1.165, 1.54) is 64.6 Å². The molecular weight excluding hydrogens is 196 g/mol. The van der Waals surface area contributed by atoms with Gasteiger partial charge < -0.3 is 10.6 Å². The molecule has 1 aliphatic heterocycles. The van der Waals surface area contributed by atoms with Crippen molar-refractivity contribution >= 4 is 0 Å². The normalized spacial score (nSPS) is 33.9. The van der Waals surface area contributed by atoms with Gasteiger partial charge in [-0.3, -0.25) is 0 Å². The van der Waals surface area contributed by atoms with Crippen LogP contribution in [0.5, 0.6) is 0 Å². The van der Waals surface area contributed by atoms with Crippen molar-refractivity contribution in [2.45, 2.75) is 57.9 Å². The van der Waals surface area contributed by atoms with E-state index >= 15 is 0 Å². The van der Waals surface area contributed by atoms with Crippen LogP contribution in [0.25, 0.3) is 0 Å². The van der Waals surface area contributed by atoms with E-state index in [1.54, 1.807) is 0 Å². The summed E-state index contributed by atoms with van der Waals surface area (Å²) in [6.45, 7) is 6.06. The third kappa shape index (κ3) is 4.06. The van der Waals surface area contributed by atoms with Gasteiger partial charge in [0.15, 0.2) is 0 Å². The zero-order valence-corrected chi connectivity index (χ0v) is 10.8. The first-order valence-corrected chi connectivity index (χ1v) is 7.34. The first kappa shape index (κ1) is 12.4. The molecule has 2 rings (SSSR count). The number of rotatable bonds is 7. The van der Waals surface area contributed by atoms with Gasteiger partial charge in [-0.1, -0.05) is 13.3 Å². The molecule has 0 spiro atoms. The van der Waals surface area contributed by atoms with Crippen LogP contribution >= 0.6 is 0 Å². The van der Waals surface area contributed by atoms with Gasteiger partial charge in [0.25, 0.3) is 0 Å². The molecule has 2 heteroatoms. The van der Waals surface area contributed by atoms with Crippen molar-refractivity contribution in [3.63, 3.8) is 0 Å². The maximum Gasteiger partial charge on any atom is 0.00991 e. The quantitative estimate of drug-likeness (QED) is 0.649. The standard InChI is InChI=1S/C14H28N2/c1-2-5-13-10-14(13)16-9-4-7-12-6-3-8-15-11-12/h12-16H,2-11H2,1H3.